The maximum absolute atomic E-state index is 14.6. The second-order valence-corrected chi connectivity index (χ2v) is 9.01. The highest BCUT2D eigenvalue weighted by atomic mass is 19.2. The fourth-order valence-corrected chi connectivity index (χ4v) is 4.95. The highest BCUT2D eigenvalue weighted by Crippen LogP contribution is 2.45. The van der Waals surface area contributed by atoms with E-state index in [1.165, 1.54) is 19.2 Å². The summed E-state index contributed by atoms with van der Waals surface area (Å²) in [5, 5.41) is 7.95. The van der Waals surface area contributed by atoms with Gasteiger partial charge in [-0.05, 0) is 70.0 Å². The number of amides is 1. The minimum Gasteiger partial charge on any atom is -0.453 e. The number of aromatic nitrogens is 2. The van der Waals surface area contributed by atoms with Crippen molar-refractivity contribution in [3.05, 3.63) is 59.9 Å². The van der Waals surface area contributed by atoms with Crippen LogP contribution in [0.2, 0.25) is 0 Å². The Morgan fingerprint density at radius 2 is 1.94 bits per heavy atom. The topological polar surface area (TPSA) is 68.6 Å². The van der Waals surface area contributed by atoms with Gasteiger partial charge < -0.3 is 14.8 Å². The first kappa shape index (κ1) is 23.3. The van der Waals surface area contributed by atoms with Crippen LogP contribution >= 0.6 is 0 Å². The van der Waals surface area contributed by atoms with Gasteiger partial charge in [0.25, 0.3) is 0 Å². The van der Waals surface area contributed by atoms with Crippen LogP contribution < -0.4 is 15.0 Å². The predicted octanol–water partition coefficient (Wildman–Crippen LogP) is 5.45. The number of hydrogen-bond donors (Lipinski definition) is 1. The molecule has 0 radical (unpaired) electrons. The van der Waals surface area contributed by atoms with Gasteiger partial charge >= 0.3 is 6.09 Å². The van der Waals surface area contributed by atoms with E-state index in [2.05, 4.69) is 10.4 Å². The molecule has 1 amide bonds. The monoisotopic (exact) mass is 482 g/mol. The van der Waals surface area contributed by atoms with E-state index >= 15 is 0 Å². The molecule has 1 saturated heterocycles. The summed E-state index contributed by atoms with van der Waals surface area (Å²) in [5.74, 6) is -1.88. The number of anilines is 1. The SMILES string of the molecule is COC(=O)N1c2ccc(-c3cnn(C4CCNCC4)c3)c(Oc3cccc(F)c3F)c2CC[C@@H]1C. The van der Waals surface area contributed by atoms with Gasteiger partial charge in [-0.3, -0.25) is 9.58 Å². The fourth-order valence-electron chi connectivity index (χ4n) is 4.95. The number of fused-ring (bicyclic) bond motifs is 1. The molecule has 2 aliphatic heterocycles. The van der Waals surface area contributed by atoms with Crippen molar-refractivity contribution < 1.29 is 23.0 Å². The summed E-state index contributed by atoms with van der Waals surface area (Å²) in [6.07, 6.45) is 6.49. The van der Waals surface area contributed by atoms with Gasteiger partial charge in [-0.2, -0.15) is 9.49 Å². The minimum absolute atomic E-state index is 0.0813. The van der Waals surface area contributed by atoms with Gasteiger partial charge in [0.15, 0.2) is 11.6 Å². The lowest BCUT2D eigenvalue weighted by molar-refractivity contribution is 0.175. The van der Waals surface area contributed by atoms with Crippen molar-refractivity contribution in [2.75, 3.05) is 25.1 Å². The number of benzene rings is 2. The van der Waals surface area contributed by atoms with Crippen LogP contribution in [0.4, 0.5) is 19.3 Å². The first-order chi connectivity index (χ1) is 17.0. The number of carbonyl (C=O) groups excluding carboxylic acids is 1. The Morgan fingerprint density at radius 3 is 2.71 bits per heavy atom. The number of nitrogens with one attached hydrogen (secondary N) is 1. The summed E-state index contributed by atoms with van der Waals surface area (Å²) in [6.45, 7) is 3.82. The van der Waals surface area contributed by atoms with Crippen molar-refractivity contribution in [1.29, 1.82) is 0 Å². The van der Waals surface area contributed by atoms with Crippen molar-refractivity contribution in [1.82, 2.24) is 15.1 Å². The highest BCUT2D eigenvalue weighted by Gasteiger charge is 2.33. The molecule has 0 bridgehead atoms. The van der Waals surface area contributed by atoms with E-state index in [9.17, 15) is 13.6 Å². The standard InChI is InChI=1S/C26H28F2N4O3/c1-16-6-7-20-22(32(16)26(33)34-2)9-8-19(25(20)35-23-5-3-4-21(27)24(23)28)17-14-30-31(15-17)18-10-12-29-13-11-18/h3-5,8-9,14-16,18,29H,6-7,10-13H2,1-2H3/t16-/m0/s1. The number of nitrogens with zero attached hydrogens (tertiary/aromatic N) is 3. The maximum Gasteiger partial charge on any atom is 0.414 e. The molecule has 0 spiro atoms. The summed E-state index contributed by atoms with van der Waals surface area (Å²) in [6, 6.07) is 7.75. The maximum atomic E-state index is 14.6. The van der Waals surface area contributed by atoms with Crippen LogP contribution in [0.25, 0.3) is 11.1 Å². The molecule has 3 aromatic rings. The van der Waals surface area contributed by atoms with Gasteiger partial charge in [0.2, 0.25) is 5.82 Å². The van der Waals surface area contributed by atoms with E-state index in [-0.39, 0.29) is 11.8 Å². The molecule has 0 saturated carbocycles. The summed E-state index contributed by atoms with van der Waals surface area (Å²) < 4.78 is 41.7. The molecule has 1 fully saturated rings. The van der Waals surface area contributed by atoms with E-state index in [1.807, 2.05) is 29.9 Å². The molecule has 5 rings (SSSR count). The number of halogens is 2. The zero-order valence-electron chi connectivity index (χ0n) is 19.8. The molecule has 1 N–H and O–H groups in total. The molecule has 2 aromatic carbocycles. The van der Waals surface area contributed by atoms with Gasteiger partial charge in [0.05, 0.1) is 25.0 Å². The molecular formula is C26H28F2N4O3. The lowest BCUT2D eigenvalue weighted by Crippen LogP contribution is -2.42. The molecule has 1 atom stereocenters. The van der Waals surface area contributed by atoms with Gasteiger partial charge in [-0.1, -0.05) is 6.07 Å². The first-order valence-electron chi connectivity index (χ1n) is 11.9. The van der Waals surface area contributed by atoms with E-state index in [0.717, 1.165) is 43.1 Å². The summed E-state index contributed by atoms with van der Waals surface area (Å²) >= 11 is 0. The average Bonchev–Trinajstić information content (AvgIpc) is 3.37. The Bertz CT molecular complexity index is 1240. The van der Waals surface area contributed by atoms with E-state index in [0.29, 0.717) is 35.9 Å². The molecule has 1 aromatic heterocycles. The zero-order valence-corrected chi connectivity index (χ0v) is 19.8. The number of hydrogen-bond acceptors (Lipinski definition) is 5. The van der Waals surface area contributed by atoms with Crippen LogP contribution in [0, 0.1) is 11.6 Å². The summed E-state index contributed by atoms with van der Waals surface area (Å²) in [4.78, 5) is 14.2. The van der Waals surface area contributed by atoms with Crippen molar-refractivity contribution in [2.24, 2.45) is 0 Å². The van der Waals surface area contributed by atoms with Crippen molar-refractivity contribution in [3.8, 4) is 22.6 Å². The Morgan fingerprint density at radius 1 is 1.14 bits per heavy atom. The molecule has 35 heavy (non-hydrogen) atoms. The van der Waals surface area contributed by atoms with Crippen LogP contribution in [0.3, 0.4) is 0 Å². The van der Waals surface area contributed by atoms with Crippen LogP contribution in [0.1, 0.15) is 37.8 Å². The van der Waals surface area contributed by atoms with Gasteiger partial charge in [0, 0.05) is 28.9 Å². The molecule has 0 unspecified atom stereocenters. The first-order valence-corrected chi connectivity index (χ1v) is 11.9. The van der Waals surface area contributed by atoms with Crippen LogP contribution in [0.15, 0.2) is 42.7 Å². The second kappa shape index (κ2) is 9.65. The molecule has 3 heterocycles. The number of methoxy groups -OCH3 is 1. The second-order valence-electron chi connectivity index (χ2n) is 9.01. The molecule has 9 heteroatoms. The lowest BCUT2D eigenvalue weighted by Gasteiger charge is -2.35. The van der Waals surface area contributed by atoms with E-state index in [1.54, 1.807) is 11.1 Å². The normalized spacial score (nSPS) is 18.3. The molecular weight excluding hydrogens is 454 g/mol. The van der Waals surface area contributed by atoms with Crippen molar-refractivity contribution in [3.63, 3.8) is 0 Å². The Kier molecular flexibility index (Phi) is 6.42. The van der Waals surface area contributed by atoms with Gasteiger partial charge in [0.1, 0.15) is 5.75 Å². The Labute approximate surface area is 202 Å². The third-order valence-corrected chi connectivity index (χ3v) is 6.84. The van der Waals surface area contributed by atoms with Gasteiger partial charge in [-0.25, -0.2) is 9.18 Å². The number of carbonyl (C=O) groups is 1. The third-order valence-electron chi connectivity index (χ3n) is 6.84. The fraction of sp³-hybridized carbons (Fsp3) is 0.385. The van der Waals surface area contributed by atoms with Crippen LogP contribution in [-0.4, -0.2) is 42.1 Å². The average molecular weight is 483 g/mol. The summed E-state index contributed by atoms with van der Waals surface area (Å²) in [5.41, 5.74) is 2.88. The van der Waals surface area contributed by atoms with Gasteiger partial charge in [-0.15, -0.1) is 0 Å². The predicted molar refractivity (Wildman–Crippen MR) is 128 cm³/mol. The molecule has 7 nitrogen and oxygen atoms in total. The third kappa shape index (κ3) is 4.36. The Balaban J connectivity index is 1.62. The summed E-state index contributed by atoms with van der Waals surface area (Å²) in [7, 11) is 1.34. The van der Waals surface area contributed by atoms with Crippen LogP contribution in [-0.2, 0) is 11.2 Å². The zero-order chi connectivity index (χ0) is 24.5. The van der Waals surface area contributed by atoms with E-state index in [4.69, 9.17) is 9.47 Å². The van der Waals surface area contributed by atoms with E-state index < -0.39 is 17.7 Å². The largest absolute Gasteiger partial charge is 0.453 e. The highest BCUT2D eigenvalue weighted by molar-refractivity contribution is 5.92. The molecule has 0 aliphatic carbocycles. The smallest absolute Gasteiger partial charge is 0.414 e. The number of rotatable bonds is 4. The minimum atomic E-state index is -1.06. The molecule has 2 aliphatic rings. The Hall–Kier alpha value is -3.46. The van der Waals surface area contributed by atoms with Crippen molar-refractivity contribution in [2.45, 2.75) is 44.7 Å². The number of ether oxygens (including phenoxy) is 2. The quantitative estimate of drug-likeness (QED) is 0.535. The van der Waals surface area contributed by atoms with Crippen LogP contribution in [0.5, 0.6) is 11.5 Å². The number of piperidine rings is 1. The molecule has 184 valence electrons. The lowest BCUT2D eigenvalue weighted by atomic mass is 9.92. The van der Waals surface area contributed by atoms with Crippen molar-refractivity contribution >= 4 is 11.8 Å².